The Bertz CT molecular complexity index is 832. The Kier molecular flexibility index (Phi) is 5.75. The summed E-state index contributed by atoms with van der Waals surface area (Å²) in [6.45, 7) is 5.07. The summed E-state index contributed by atoms with van der Waals surface area (Å²) < 4.78 is 11.7. The normalized spacial score (nSPS) is 15.5. The highest BCUT2D eigenvalue weighted by molar-refractivity contribution is 5.55. The monoisotopic (exact) mass is 373 g/mol. The molecule has 144 valence electrons. The minimum atomic E-state index is -0.540. The van der Waals surface area contributed by atoms with Gasteiger partial charge in [-0.15, -0.1) is 0 Å². The van der Waals surface area contributed by atoms with Crippen LogP contribution in [0.4, 0.5) is 5.69 Å². The Morgan fingerprint density at radius 1 is 0.714 bits per heavy atom. The minimum absolute atomic E-state index is 0.540. The lowest BCUT2D eigenvalue weighted by Crippen LogP contribution is -2.30. The fourth-order valence-electron chi connectivity index (χ4n) is 3.81. The molecule has 0 N–H and O–H groups in total. The van der Waals surface area contributed by atoms with Crippen LogP contribution in [-0.2, 0) is 29.0 Å². The maximum Gasteiger partial charge on any atom is 0.169 e. The summed E-state index contributed by atoms with van der Waals surface area (Å²) in [5, 5.41) is 0. The predicted octanol–water partition coefficient (Wildman–Crippen LogP) is 5.20. The number of anilines is 1. The highest BCUT2D eigenvalue weighted by Crippen LogP contribution is 2.31. The first-order chi connectivity index (χ1) is 13.7. The van der Waals surface area contributed by atoms with Crippen LogP contribution in [0.15, 0.2) is 84.9 Å². The molecule has 0 amide bonds. The maximum absolute atomic E-state index is 5.87. The molecule has 0 unspecified atom stereocenters. The van der Waals surface area contributed by atoms with E-state index >= 15 is 0 Å². The molecule has 28 heavy (non-hydrogen) atoms. The average Bonchev–Trinajstić information content (AvgIpc) is 3.15. The van der Waals surface area contributed by atoms with E-state index < -0.39 is 5.79 Å². The van der Waals surface area contributed by atoms with E-state index in [1.54, 1.807) is 0 Å². The molecular formula is C25H27NO2. The van der Waals surface area contributed by atoms with Crippen molar-refractivity contribution < 1.29 is 9.47 Å². The lowest BCUT2D eigenvalue weighted by Gasteiger charge is -2.30. The van der Waals surface area contributed by atoms with E-state index in [1.807, 2.05) is 6.92 Å². The number of rotatable bonds is 7. The Balaban J connectivity index is 1.65. The zero-order valence-corrected chi connectivity index (χ0v) is 16.4. The van der Waals surface area contributed by atoms with Crippen LogP contribution in [0.25, 0.3) is 0 Å². The van der Waals surface area contributed by atoms with Gasteiger partial charge in [0.1, 0.15) is 0 Å². The zero-order valence-electron chi connectivity index (χ0n) is 16.4. The van der Waals surface area contributed by atoms with E-state index in [9.17, 15) is 0 Å². The lowest BCUT2D eigenvalue weighted by molar-refractivity contribution is -0.140. The van der Waals surface area contributed by atoms with Gasteiger partial charge < -0.3 is 14.4 Å². The summed E-state index contributed by atoms with van der Waals surface area (Å²) in [5.41, 5.74) is 5.08. The van der Waals surface area contributed by atoms with E-state index in [-0.39, 0.29) is 0 Å². The van der Waals surface area contributed by atoms with E-state index in [0.29, 0.717) is 13.2 Å². The molecule has 3 nitrogen and oxygen atoms in total. The van der Waals surface area contributed by atoms with Crippen molar-refractivity contribution in [2.24, 2.45) is 0 Å². The highest BCUT2D eigenvalue weighted by atomic mass is 16.7. The van der Waals surface area contributed by atoms with Crippen molar-refractivity contribution in [1.29, 1.82) is 0 Å². The van der Waals surface area contributed by atoms with Gasteiger partial charge in [0.15, 0.2) is 5.79 Å². The number of para-hydroxylation sites is 1. The van der Waals surface area contributed by atoms with Crippen LogP contribution in [0, 0.1) is 0 Å². The fraction of sp³-hybridized carbons (Fsp3) is 0.280. The van der Waals surface area contributed by atoms with E-state index in [1.165, 1.54) is 22.4 Å². The van der Waals surface area contributed by atoms with Crippen molar-refractivity contribution in [3.8, 4) is 0 Å². The van der Waals surface area contributed by atoms with Gasteiger partial charge in [0.05, 0.1) is 13.2 Å². The molecule has 3 aromatic carbocycles. The summed E-state index contributed by atoms with van der Waals surface area (Å²) in [7, 11) is 0. The van der Waals surface area contributed by atoms with Gasteiger partial charge in [0.2, 0.25) is 0 Å². The summed E-state index contributed by atoms with van der Waals surface area (Å²) in [6, 6.07) is 29.9. The largest absolute Gasteiger partial charge is 0.363 e. The van der Waals surface area contributed by atoms with Crippen molar-refractivity contribution in [2.45, 2.75) is 32.2 Å². The molecule has 1 aliphatic heterocycles. The molecule has 1 saturated heterocycles. The van der Waals surface area contributed by atoms with Crippen molar-refractivity contribution in [3.63, 3.8) is 0 Å². The number of nitrogens with zero attached hydrogens (tertiary/aromatic N) is 1. The Morgan fingerprint density at radius 2 is 1.21 bits per heavy atom. The third kappa shape index (κ3) is 4.61. The second-order valence-corrected chi connectivity index (χ2v) is 7.46. The summed E-state index contributed by atoms with van der Waals surface area (Å²) >= 11 is 0. The second kappa shape index (κ2) is 8.59. The number of ether oxygens (including phenoxy) is 2. The second-order valence-electron chi connectivity index (χ2n) is 7.46. The first-order valence-corrected chi connectivity index (χ1v) is 9.90. The quantitative estimate of drug-likeness (QED) is 0.568. The summed E-state index contributed by atoms with van der Waals surface area (Å²) in [6.07, 6.45) is 0.739. The van der Waals surface area contributed by atoms with Crippen molar-refractivity contribution in [1.82, 2.24) is 0 Å². The maximum atomic E-state index is 5.87. The first-order valence-electron chi connectivity index (χ1n) is 9.90. The molecule has 3 heteroatoms. The Labute approximate surface area is 167 Å². The van der Waals surface area contributed by atoms with Crippen molar-refractivity contribution in [3.05, 3.63) is 102 Å². The topological polar surface area (TPSA) is 21.7 Å². The van der Waals surface area contributed by atoms with Gasteiger partial charge in [-0.1, -0.05) is 78.9 Å². The minimum Gasteiger partial charge on any atom is -0.363 e. The number of hydrogen-bond acceptors (Lipinski definition) is 3. The molecule has 3 aromatic rings. The molecule has 0 atom stereocenters. The SMILES string of the molecule is CC1(Cc2ccccc2N(Cc2ccccc2)Cc2ccccc2)OCCO1. The van der Waals surface area contributed by atoms with Crippen molar-refractivity contribution in [2.75, 3.05) is 18.1 Å². The number of hydrogen-bond donors (Lipinski definition) is 0. The Hall–Kier alpha value is -2.62. The van der Waals surface area contributed by atoms with E-state index in [2.05, 4.69) is 89.8 Å². The third-order valence-corrected chi connectivity index (χ3v) is 5.17. The van der Waals surface area contributed by atoms with Gasteiger partial charge in [-0.25, -0.2) is 0 Å². The van der Waals surface area contributed by atoms with Crippen LogP contribution in [0.2, 0.25) is 0 Å². The van der Waals surface area contributed by atoms with Crippen LogP contribution in [-0.4, -0.2) is 19.0 Å². The van der Waals surface area contributed by atoms with Gasteiger partial charge in [-0.05, 0) is 29.7 Å². The molecule has 0 aromatic heterocycles. The van der Waals surface area contributed by atoms with Gasteiger partial charge >= 0.3 is 0 Å². The Morgan fingerprint density at radius 3 is 1.79 bits per heavy atom. The standard InChI is InChI=1S/C25H27NO2/c1-25(27-16-17-28-25)18-23-14-8-9-15-24(23)26(19-21-10-4-2-5-11-21)20-22-12-6-3-7-13-22/h2-15H,16-20H2,1H3. The molecule has 0 spiro atoms. The van der Waals surface area contributed by atoms with Gasteiger partial charge in [0, 0.05) is 25.2 Å². The van der Waals surface area contributed by atoms with Crippen LogP contribution in [0.1, 0.15) is 23.6 Å². The average molecular weight is 373 g/mol. The molecule has 4 rings (SSSR count). The fourth-order valence-corrected chi connectivity index (χ4v) is 3.81. The van der Waals surface area contributed by atoms with E-state index in [0.717, 1.165) is 19.5 Å². The van der Waals surface area contributed by atoms with Crippen LogP contribution in [0.3, 0.4) is 0 Å². The summed E-state index contributed by atoms with van der Waals surface area (Å²) in [5.74, 6) is -0.540. The van der Waals surface area contributed by atoms with E-state index in [4.69, 9.17) is 9.47 Å². The molecule has 0 bridgehead atoms. The number of benzene rings is 3. The lowest BCUT2D eigenvalue weighted by atomic mass is 10.0. The molecule has 1 aliphatic rings. The molecule has 0 saturated carbocycles. The smallest absolute Gasteiger partial charge is 0.169 e. The van der Waals surface area contributed by atoms with Crippen LogP contribution < -0.4 is 4.90 Å². The highest BCUT2D eigenvalue weighted by Gasteiger charge is 2.32. The van der Waals surface area contributed by atoms with Gasteiger partial charge in [-0.2, -0.15) is 0 Å². The van der Waals surface area contributed by atoms with Gasteiger partial charge in [-0.3, -0.25) is 0 Å². The predicted molar refractivity (Wildman–Crippen MR) is 113 cm³/mol. The zero-order chi connectivity index (χ0) is 19.2. The van der Waals surface area contributed by atoms with Gasteiger partial charge in [0.25, 0.3) is 0 Å². The molecule has 1 fully saturated rings. The first kappa shape index (κ1) is 18.7. The molecular weight excluding hydrogens is 346 g/mol. The third-order valence-electron chi connectivity index (χ3n) is 5.17. The van der Waals surface area contributed by atoms with Crippen molar-refractivity contribution >= 4 is 5.69 Å². The molecule has 0 radical (unpaired) electrons. The summed E-state index contributed by atoms with van der Waals surface area (Å²) in [4.78, 5) is 2.44. The van der Waals surface area contributed by atoms with Crippen LogP contribution in [0.5, 0.6) is 0 Å². The molecule has 0 aliphatic carbocycles. The van der Waals surface area contributed by atoms with Crippen LogP contribution >= 0.6 is 0 Å². The molecule has 1 heterocycles.